The van der Waals surface area contributed by atoms with Crippen molar-refractivity contribution >= 4 is 12.4 Å². The maximum Gasteiger partial charge on any atom is 0.514 e. The van der Waals surface area contributed by atoms with E-state index in [1.54, 1.807) is 6.07 Å². The van der Waals surface area contributed by atoms with Crippen LogP contribution in [0.15, 0.2) is 54.6 Å². The molecule has 0 saturated heterocycles. The zero-order valence-electron chi connectivity index (χ0n) is 9.69. The number of halogens is 4. The Morgan fingerprint density at radius 1 is 0.895 bits per heavy atom. The van der Waals surface area contributed by atoms with Gasteiger partial charge in [-0.25, -0.2) is 4.39 Å². The van der Waals surface area contributed by atoms with Crippen molar-refractivity contribution in [2.75, 3.05) is 0 Å². The molecule has 2 aromatic carbocycles. The van der Waals surface area contributed by atoms with Crippen LogP contribution in [-0.2, 0) is 0 Å². The van der Waals surface area contributed by atoms with Crippen molar-refractivity contribution in [1.29, 1.82) is 0 Å². The second kappa shape index (κ2) is 5.34. The van der Waals surface area contributed by atoms with Gasteiger partial charge in [-0.05, 0) is 17.6 Å². The lowest BCUT2D eigenvalue weighted by Crippen LogP contribution is -2.49. The molecular formula is C13H9BF4O. The summed E-state index contributed by atoms with van der Waals surface area (Å²) >= 11 is 0. The highest BCUT2D eigenvalue weighted by atomic mass is 19.4. The minimum absolute atomic E-state index is 0.0285. The predicted molar refractivity (Wildman–Crippen MR) is 64.9 cm³/mol. The van der Waals surface area contributed by atoms with Crippen LogP contribution >= 0.6 is 0 Å². The normalized spacial score (nSPS) is 11.2. The van der Waals surface area contributed by atoms with Gasteiger partial charge in [0, 0.05) is 6.07 Å². The van der Waals surface area contributed by atoms with Gasteiger partial charge >= 0.3 is 13.0 Å². The Bertz CT molecular complexity index is 542. The summed E-state index contributed by atoms with van der Waals surface area (Å²) in [6.07, 6.45) is -4.58. The fourth-order valence-corrected chi connectivity index (χ4v) is 1.63. The van der Waals surface area contributed by atoms with Crippen molar-refractivity contribution in [1.82, 2.24) is 0 Å². The Balaban J connectivity index is 2.30. The van der Waals surface area contributed by atoms with E-state index >= 15 is 0 Å². The summed E-state index contributed by atoms with van der Waals surface area (Å²) in [6, 6.07) is 11.9. The lowest BCUT2D eigenvalue weighted by atomic mass is 9.60. The quantitative estimate of drug-likeness (QED) is 0.613. The average molecular weight is 268 g/mol. The zero-order valence-corrected chi connectivity index (χ0v) is 9.69. The van der Waals surface area contributed by atoms with Crippen LogP contribution in [0.1, 0.15) is 0 Å². The molecule has 0 unspecified atom stereocenters. The Morgan fingerprint density at radius 2 is 1.58 bits per heavy atom. The topological polar surface area (TPSA) is 9.23 Å². The molecule has 0 aliphatic carbocycles. The van der Waals surface area contributed by atoms with Gasteiger partial charge in [0.25, 0.3) is 0 Å². The summed E-state index contributed by atoms with van der Waals surface area (Å²) in [6.45, 7) is -2.12. The van der Waals surface area contributed by atoms with E-state index < -0.39 is 18.8 Å². The van der Waals surface area contributed by atoms with Crippen molar-refractivity contribution in [2.24, 2.45) is 0 Å². The van der Waals surface area contributed by atoms with Crippen LogP contribution in [0.5, 0.6) is 5.75 Å². The number of alkyl halides is 3. The van der Waals surface area contributed by atoms with Crippen molar-refractivity contribution in [2.45, 2.75) is 6.08 Å². The molecule has 0 saturated carbocycles. The Hall–Kier alpha value is -1.98. The van der Waals surface area contributed by atoms with Gasteiger partial charge in [-0.3, -0.25) is 0 Å². The third-order valence-corrected chi connectivity index (χ3v) is 2.45. The molecule has 0 aromatic heterocycles. The van der Waals surface area contributed by atoms with Gasteiger partial charge < -0.3 is 4.65 Å². The number of hydrogen-bond acceptors (Lipinski definition) is 1. The molecule has 1 nitrogen and oxygen atoms in total. The van der Waals surface area contributed by atoms with Gasteiger partial charge in [-0.2, -0.15) is 13.2 Å². The van der Waals surface area contributed by atoms with E-state index in [2.05, 4.69) is 0 Å². The summed E-state index contributed by atoms with van der Waals surface area (Å²) in [5, 5.41) is 0. The van der Waals surface area contributed by atoms with Gasteiger partial charge in [-0.15, -0.1) is 0 Å². The summed E-state index contributed by atoms with van der Waals surface area (Å²) in [4.78, 5) is 0. The smallest absolute Gasteiger partial charge is 0.514 e. The largest absolute Gasteiger partial charge is 0.549 e. The lowest BCUT2D eigenvalue weighted by molar-refractivity contribution is -0.0585. The van der Waals surface area contributed by atoms with Gasteiger partial charge in [-0.1, -0.05) is 36.4 Å². The highest BCUT2D eigenvalue weighted by molar-refractivity contribution is 6.69. The highest BCUT2D eigenvalue weighted by Gasteiger charge is 2.49. The van der Waals surface area contributed by atoms with Crippen molar-refractivity contribution in [3.8, 4) is 5.75 Å². The highest BCUT2D eigenvalue weighted by Crippen LogP contribution is 2.23. The van der Waals surface area contributed by atoms with Crippen LogP contribution in [0.3, 0.4) is 0 Å². The standard InChI is InChI=1S/C13H9BF4O/c15-11-7-4-8-12(9-11)19-14(13(16,17)18)10-5-2-1-3-6-10/h1-9H. The van der Waals surface area contributed by atoms with Crippen LogP contribution in [0.4, 0.5) is 17.6 Å². The Kier molecular flexibility index (Phi) is 3.78. The van der Waals surface area contributed by atoms with Crippen LogP contribution in [0.2, 0.25) is 0 Å². The van der Waals surface area contributed by atoms with Gasteiger partial charge in [0.1, 0.15) is 11.6 Å². The Morgan fingerprint density at radius 3 is 2.16 bits per heavy atom. The van der Waals surface area contributed by atoms with Crippen LogP contribution in [0.25, 0.3) is 0 Å². The lowest BCUT2D eigenvalue weighted by Gasteiger charge is -2.18. The third kappa shape index (κ3) is 3.50. The first-order valence-electron chi connectivity index (χ1n) is 5.51. The van der Waals surface area contributed by atoms with Gasteiger partial charge in [0.2, 0.25) is 0 Å². The molecule has 2 aromatic rings. The van der Waals surface area contributed by atoms with E-state index in [9.17, 15) is 17.6 Å². The first-order chi connectivity index (χ1) is 8.97. The molecule has 0 heterocycles. The molecule has 0 spiro atoms. The second-order valence-electron chi connectivity index (χ2n) is 3.91. The fourth-order valence-electron chi connectivity index (χ4n) is 1.63. The first kappa shape index (κ1) is 13.5. The minimum Gasteiger partial charge on any atom is -0.549 e. The monoisotopic (exact) mass is 268 g/mol. The third-order valence-electron chi connectivity index (χ3n) is 2.45. The molecule has 19 heavy (non-hydrogen) atoms. The van der Waals surface area contributed by atoms with Gasteiger partial charge in [0.05, 0.1) is 0 Å². The number of benzene rings is 2. The maximum absolute atomic E-state index is 13.0. The molecule has 0 amide bonds. The van der Waals surface area contributed by atoms with E-state index in [1.807, 2.05) is 0 Å². The molecule has 0 radical (unpaired) electrons. The van der Waals surface area contributed by atoms with E-state index in [1.165, 1.54) is 36.4 Å². The van der Waals surface area contributed by atoms with Crippen LogP contribution in [0, 0.1) is 5.82 Å². The molecular weight excluding hydrogens is 259 g/mol. The summed E-state index contributed by atoms with van der Waals surface area (Å²) < 4.78 is 56.8. The summed E-state index contributed by atoms with van der Waals surface area (Å²) in [7, 11) is 0. The zero-order chi connectivity index (χ0) is 13.9. The van der Waals surface area contributed by atoms with E-state index in [-0.39, 0.29) is 11.2 Å². The van der Waals surface area contributed by atoms with E-state index in [0.29, 0.717) is 0 Å². The molecule has 0 aliphatic rings. The van der Waals surface area contributed by atoms with Crippen molar-refractivity contribution < 1.29 is 22.2 Å². The fraction of sp³-hybridized carbons (Fsp3) is 0.0769. The first-order valence-corrected chi connectivity index (χ1v) is 5.51. The summed E-state index contributed by atoms with van der Waals surface area (Å²) in [5.41, 5.74) is -0.0285. The number of hydrogen-bond donors (Lipinski definition) is 0. The molecule has 2 rings (SSSR count). The van der Waals surface area contributed by atoms with E-state index in [0.717, 1.165) is 12.1 Å². The molecule has 0 N–H and O–H groups in total. The van der Waals surface area contributed by atoms with Gasteiger partial charge in [0.15, 0.2) is 0 Å². The molecule has 0 aliphatic heterocycles. The summed E-state index contributed by atoms with van der Waals surface area (Å²) in [5.74, 6) is -0.808. The minimum atomic E-state index is -4.58. The average Bonchev–Trinajstić information content (AvgIpc) is 2.36. The molecule has 0 bridgehead atoms. The van der Waals surface area contributed by atoms with Crippen molar-refractivity contribution in [3.63, 3.8) is 0 Å². The number of rotatable bonds is 3. The predicted octanol–water partition coefficient (Wildman–Crippen LogP) is 3.20. The molecule has 0 atom stereocenters. The van der Waals surface area contributed by atoms with Crippen LogP contribution in [-0.4, -0.2) is 13.0 Å². The molecule has 0 fully saturated rings. The Labute approximate surface area is 107 Å². The molecule has 98 valence electrons. The van der Waals surface area contributed by atoms with Crippen LogP contribution < -0.4 is 10.1 Å². The van der Waals surface area contributed by atoms with Crippen molar-refractivity contribution in [3.05, 3.63) is 60.4 Å². The maximum atomic E-state index is 13.0. The van der Waals surface area contributed by atoms with E-state index in [4.69, 9.17) is 4.65 Å². The SMILES string of the molecule is Fc1cccc(OB(c2ccccc2)C(F)(F)F)c1. The second-order valence-corrected chi connectivity index (χ2v) is 3.91. The molecule has 6 heteroatoms.